The molecule has 0 fully saturated rings. The van der Waals surface area contributed by atoms with Gasteiger partial charge in [-0.15, -0.1) is 0 Å². The highest BCUT2D eigenvalue weighted by atomic mass is 79.9. The first kappa shape index (κ1) is 13.0. The largest absolute Gasteiger partial charge is 0.389 e. The molecule has 92 valence electrons. The maximum Gasteiger partial charge on any atom is 0.130 e. The molecule has 18 heavy (non-hydrogen) atoms. The number of nitrogens with zero attached hydrogens (tertiary/aromatic N) is 1. The Hall–Kier alpha value is -1.46. The van der Waals surface area contributed by atoms with E-state index < -0.39 is 0 Å². The Bertz CT molecular complexity index is 581. The first-order chi connectivity index (χ1) is 8.56. The Morgan fingerprint density at radius 3 is 2.67 bits per heavy atom. The van der Waals surface area contributed by atoms with Crippen LogP contribution in [0.1, 0.15) is 11.1 Å². The van der Waals surface area contributed by atoms with E-state index in [-0.39, 0.29) is 0 Å². The summed E-state index contributed by atoms with van der Waals surface area (Å²) >= 11 is 8.35. The Balaban J connectivity index is 2.18. The van der Waals surface area contributed by atoms with E-state index in [9.17, 15) is 0 Å². The van der Waals surface area contributed by atoms with Gasteiger partial charge in [0.05, 0.1) is 0 Å². The predicted molar refractivity (Wildman–Crippen MR) is 82.3 cm³/mol. The second-order valence-electron chi connectivity index (χ2n) is 3.89. The zero-order valence-corrected chi connectivity index (χ0v) is 12.2. The fourth-order valence-corrected chi connectivity index (χ4v) is 1.85. The van der Waals surface area contributed by atoms with Crippen LogP contribution in [0.25, 0.3) is 0 Å². The van der Waals surface area contributed by atoms with Gasteiger partial charge in [0.15, 0.2) is 0 Å². The molecule has 0 aliphatic rings. The van der Waals surface area contributed by atoms with Crippen LogP contribution in [0, 0.1) is 6.92 Å². The van der Waals surface area contributed by atoms with Crippen LogP contribution in [0.4, 0.5) is 11.5 Å². The van der Waals surface area contributed by atoms with Crippen LogP contribution in [0.2, 0.25) is 0 Å². The molecule has 0 saturated carbocycles. The first-order valence-corrected chi connectivity index (χ1v) is 6.55. The second-order valence-corrected chi connectivity index (χ2v) is 5.18. The Morgan fingerprint density at radius 2 is 2.11 bits per heavy atom. The molecule has 0 radical (unpaired) electrons. The van der Waals surface area contributed by atoms with Crippen molar-refractivity contribution in [3.8, 4) is 0 Å². The molecule has 0 aliphatic heterocycles. The maximum atomic E-state index is 5.52. The van der Waals surface area contributed by atoms with Crippen LogP contribution in [0.3, 0.4) is 0 Å². The van der Waals surface area contributed by atoms with Gasteiger partial charge in [0.1, 0.15) is 10.8 Å². The van der Waals surface area contributed by atoms with E-state index in [0.717, 1.165) is 21.5 Å². The summed E-state index contributed by atoms with van der Waals surface area (Å²) in [5.41, 5.74) is 8.44. The lowest BCUT2D eigenvalue weighted by atomic mass is 10.2. The van der Waals surface area contributed by atoms with Gasteiger partial charge in [0.25, 0.3) is 0 Å². The zero-order chi connectivity index (χ0) is 13.1. The van der Waals surface area contributed by atoms with E-state index in [1.165, 1.54) is 5.56 Å². The average Bonchev–Trinajstić information content (AvgIpc) is 2.34. The van der Waals surface area contributed by atoms with Crippen molar-refractivity contribution in [2.75, 3.05) is 5.32 Å². The van der Waals surface area contributed by atoms with Crippen molar-refractivity contribution in [2.24, 2.45) is 5.73 Å². The number of hydrogen-bond acceptors (Lipinski definition) is 3. The fraction of sp³-hybridized carbons (Fsp3) is 0.0769. The van der Waals surface area contributed by atoms with E-state index in [1.807, 2.05) is 37.3 Å². The van der Waals surface area contributed by atoms with Crippen molar-refractivity contribution in [2.45, 2.75) is 6.92 Å². The molecule has 3 nitrogen and oxygen atoms in total. The minimum absolute atomic E-state index is 0.355. The van der Waals surface area contributed by atoms with Gasteiger partial charge in [-0.2, -0.15) is 0 Å². The van der Waals surface area contributed by atoms with Crippen LogP contribution >= 0.6 is 28.1 Å². The molecule has 0 aliphatic carbocycles. The maximum absolute atomic E-state index is 5.52. The van der Waals surface area contributed by atoms with Crippen LogP contribution in [-0.4, -0.2) is 9.97 Å². The lowest BCUT2D eigenvalue weighted by Gasteiger charge is -2.08. The van der Waals surface area contributed by atoms with Crippen LogP contribution in [0.5, 0.6) is 0 Å². The number of thiocarbonyl (C=S) groups is 1. The SMILES string of the molecule is Cc1cc(Nc2ccc(C(N)=S)cn2)ccc1Br. The van der Waals surface area contributed by atoms with Crippen molar-refractivity contribution in [3.63, 3.8) is 0 Å². The normalized spacial score (nSPS) is 10.1. The first-order valence-electron chi connectivity index (χ1n) is 5.35. The molecule has 0 amide bonds. The topological polar surface area (TPSA) is 50.9 Å². The monoisotopic (exact) mass is 321 g/mol. The van der Waals surface area contributed by atoms with Gasteiger partial charge in [-0.1, -0.05) is 28.1 Å². The van der Waals surface area contributed by atoms with Crippen molar-refractivity contribution >= 4 is 44.6 Å². The second kappa shape index (κ2) is 5.46. The van der Waals surface area contributed by atoms with Crippen molar-refractivity contribution in [3.05, 3.63) is 52.1 Å². The van der Waals surface area contributed by atoms with Crippen LogP contribution < -0.4 is 11.1 Å². The van der Waals surface area contributed by atoms with Gasteiger partial charge in [-0.3, -0.25) is 0 Å². The van der Waals surface area contributed by atoms with E-state index in [4.69, 9.17) is 18.0 Å². The number of anilines is 2. The number of nitrogens with two attached hydrogens (primary N) is 1. The smallest absolute Gasteiger partial charge is 0.130 e. The number of aryl methyl sites for hydroxylation is 1. The van der Waals surface area contributed by atoms with Gasteiger partial charge >= 0.3 is 0 Å². The standard InChI is InChI=1S/C13H12BrN3S/c1-8-6-10(3-4-11(8)14)17-12-5-2-9(7-16-12)13(15)18/h2-7H,1H3,(H2,15,18)(H,16,17). The zero-order valence-electron chi connectivity index (χ0n) is 9.77. The van der Waals surface area contributed by atoms with Gasteiger partial charge in [0, 0.05) is 21.9 Å². The van der Waals surface area contributed by atoms with E-state index >= 15 is 0 Å². The molecule has 3 N–H and O–H groups in total. The quantitative estimate of drug-likeness (QED) is 0.849. The number of pyridine rings is 1. The summed E-state index contributed by atoms with van der Waals surface area (Å²) in [5, 5.41) is 3.22. The Labute approximate surface area is 120 Å². The van der Waals surface area contributed by atoms with Crippen molar-refractivity contribution in [1.29, 1.82) is 0 Å². The number of hydrogen-bond donors (Lipinski definition) is 2. The summed E-state index contributed by atoms with van der Waals surface area (Å²) in [6, 6.07) is 9.74. The van der Waals surface area contributed by atoms with Gasteiger partial charge in [0.2, 0.25) is 0 Å². The molecule has 0 bridgehead atoms. The molecule has 2 aromatic rings. The summed E-state index contributed by atoms with van der Waals surface area (Å²) in [7, 11) is 0. The minimum atomic E-state index is 0.355. The number of rotatable bonds is 3. The van der Waals surface area contributed by atoms with Crippen LogP contribution in [-0.2, 0) is 0 Å². The number of nitrogens with one attached hydrogen (secondary N) is 1. The van der Waals surface area contributed by atoms with E-state index in [0.29, 0.717) is 4.99 Å². The summed E-state index contributed by atoms with van der Waals surface area (Å²) in [4.78, 5) is 4.61. The molecule has 0 spiro atoms. The highest BCUT2D eigenvalue weighted by molar-refractivity contribution is 9.10. The average molecular weight is 322 g/mol. The van der Waals surface area contributed by atoms with Crippen LogP contribution in [0.15, 0.2) is 41.0 Å². The minimum Gasteiger partial charge on any atom is -0.389 e. The van der Waals surface area contributed by atoms with E-state index in [2.05, 4.69) is 26.2 Å². The summed E-state index contributed by atoms with van der Waals surface area (Å²) in [5.74, 6) is 0.761. The van der Waals surface area contributed by atoms with E-state index in [1.54, 1.807) is 6.20 Å². The predicted octanol–water partition coefficient (Wildman–Crippen LogP) is 3.53. The summed E-state index contributed by atoms with van der Waals surface area (Å²) in [6.45, 7) is 2.04. The number of aromatic nitrogens is 1. The highest BCUT2D eigenvalue weighted by Gasteiger charge is 2.00. The molecular weight excluding hydrogens is 310 g/mol. The molecule has 0 unspecified atom stereocenters. The summed E-state index contributed by atoms with van der Waals surface area (Å²) < 4.78 is 1.09. The third-order valence-electron chi connectivity index (χ3n) is 2.48. The molecule has 0 saturated heterocycles. The molecule has 1 aromatic heterocycles. The van der Waals surface area contributed by atoms with Crippen molar-refractivity contribution in [1.82, 2.24) is 4.98 Å². The third-order valence-corrected chi connectivity index (χ3v) is 3.60. The lowest BCUT2D eigenvalue weighted by molar-refractivity contribution is 1.29. The molecule has 5 heteroatoms. The number of halogens is 1. The Kier molecular flexibility index (Phi) is 3.93. The van der Waals surface area contributed by atoms with Gasteiger partial charge < -0.3 is 11.1 Å². The fourth-order valence-electron chi connectivity index (χ4n) is 1.48. The van der Waals surface area contributed by atoms with Crippen molar-refractivity contribution < 1.29 is 0 Å². The molecular formula is C13H12BrN3S. The molecule has 1 aromatic carbocycles. The summed E-state index contributed by atoms with van der Waals surface area (Å²) in [6.07, 6.45) is 1.66. The third kappa shape index (κ3) is 3.05. The molecule has 1 heterocycles. The molecule has 0 atom stereocenters. The lowest BCUT2D eigenvalue weighted by Crippen LogP contribution is -2.09. The molecule has 2 rings (SSSR count). The Morgan fingerprint density at radius 1 is 1.33 bits per heavy atom. The van der Waals surface area contributed by atoms with Gasteiger partial charge in [-0.25, -0.2) is 4.98 Å². The van der Waals surface area contributed by atoms with Gasteiger partial charge in [-0.05, 0) is 42.8 Å². The highest BCUT2D eigenvalue weighted by Crippen LogP contribution is 2.22. The number of benzene rings is 1.